The van der Waals surface area contributed by atoms with E-state index >= 15 is 0 Å². The smallest absolute Gasteiger partial charge is 0.144 e. The molecule has 2 aromatic rings. The molecule has 0 bridgehead atoms. The van der Waals surface area contributed by atoms with Crippen molar-refractivity contribution >= 4 is 11.6 Å². The minimum absolute atomic E-state index is 0.0146. The van der Waals surface area contributed by atoms with Gasteiger partial charge in [-0.2, -0.15) is 10.5 Å². The Labute approximate surface area is 103 Å². The van der Waals surface area contributed by atoms with Crippen LogP contribution in [0.25, 0.3) is 11.1 Å². The van der Waals surface area contributed by atoms with Crippen molar-refractivity contribution < 1.29 is 0 Å². The normalized spacial score (nSPS) is 9.44. The van der Waals surface area contributed by atoms with Crippen LogP contribution in [0.2, 0.25) is 0 Å². The SMILES string of the molecule is N#Cc1c(N)nc(N)c(C#N)c1-c1ccncc1. The predicted molar refractivity (Wildman–Crippen MR) is 65.7 cm³/mol. The zero-order valence-electron chi connectivity index (χ0n) is 9.25. The second-order valence-electron chi connectivity index (χ2n) is 3.47. The summed E-state index contributed by atoms with van der Waals surface area (Å²) in [4.78, 5) is 7.68. The summed E-state index contributed by atoms with van der Waals surface area (Å²) in [5.41, 5.74) is 12.6. The summed E-state index contributed by atoms with van der Waals surface area (Å²) in [6.45, 7) is 0. The van der Waals surface area contributed by atoms with E-state index < -0.39 is 0 Å². The van der Waals surface area contributed by atoms with Gasteiger partial charge >= 0.3 is 0 Å². The topological polar surface area (TPSA) is 125 Å². The van der Waals surface area contributed by atoms with Crippen molar-refractivity contribution in [3.05, 3.63) is 35.7 Å². The number of nitrogens with two attached hydrogens (primary N) is 2. The van der Waals surface area contributed by atoms with Crippen LogP contribution in [0, 0.1) is 22.7 Å². The third kappa shape index (κ3) is 1.68. The summed E-state index contributed by atoms with van der Waals surface area (Å²) in [5, 5.41) is 18.3. The fourth-order valence-electron chi connectivity index (χ4n) is 1.66. The lowest BCUT2D eigenvalue weighted by atomic mass is 9.97. The van der Waals surface area contributed by atoms with Crippen molar-refractivity contribution in [1.82, 2.24) is 9.97 Å². The molecule has 0 spiro atoms. The summed E-state index contributed by atoms with van der Waals surface area (Å²) in [6, 6.07) is 7.25. The Balaban J connectivity index is 2.89. The van der Waals surface area contributed by atoms with Gasteiger partial charge < -0.3 is 11.5 Å². The Hall–Kier alpha value is -3.12. The van der Waals surface area contributed by atoms with Crippen LogP contribution >= 0.6 is 0 Å². The highest BCUT2D eigenvalue weighted by Crippen LogP contribution is 2.32. The molecular formula is C12H8N6. The first-order valence-corrected chi connectivity index (χ1v) is 4.98. The molecule has 0 atom stereocenters. The van der Waals surface area contributed by atoms with E-state index in [-0.39, 0.29) is 22.8 Å². The number of nitrogens with zero attached hydrogens (tertiary/aromatic N) is 4. The number of nitriles is 2. The average molecular weight is 236 g/mol. The van der Waals surface area contributed by atoms with Crippen molar-refractivity contribution in [3.63, 3.8) is 0 Å². The maximum Gasteiger partial charge on any atom is 0.144 e. The largest absolute Gasteiger partial charge is 0.383 e. The molecule has 0 aromatic carbocycles. The number of hydrogen-bond acceptors (Lipinski definition) is 6. The van der Waals surface area contributed by atoms with Crippen LogP contribution in [-0.4, -0.2) is 9.97 Å². The van der Waals surface area contributed by atoms with Gasteiger partial charge in [0.1, 0.15) is 34.9 Å². The summed E-state index contributed by atoms with van der Waals surface area (Å²) in [5.74, 6) is 0.0293. The second kappa shape index (κ2) is 4.40. The van der Waals surface area contributed by atoms with Crippen molar-refractivity contribution in [2.45, 2.75) is 0 Å². The molecule has 0 aliphatic heterocycles. The van der Waals surface area contributed by atoms with Crippen molar-refractivity contribution in [3.8, 4) is 23.3 Å². The Bertz CT molecular complexity index is 640. The lowest BCUT2D eigenvalue weighted by Crippen LogP contribution is -2.05. The molecule has 0 amide bonds. The number of nitrogen functional groups attached to an aromatic ring is 2. The van der Waals surface area contributed by atoms with Crippen LogP contribution in [-0.2, 0) is 0 Å². The molecule has 0 saturated carbocycles. The van der Waals surface area contributed by atoms with E-state index in [2.05, 4.69) is 9.97 Å². The molecule has 2 aromatic heterocycles. The first kappa shape index (κ1) is 11.4. The average Bonchev–Trinajstić information content (AvgIpc) is 2.39. The Morgan fingerprint density at radius 1 is 0.944 bits per heavy atom. The minimum atomic E-state index is 0.0146. The maximum atomic E-state index is 9.14. The summed E-state index contributed by atoms with van der Waals surface area (Å²) >= 11 is 0. The molecule has 6 nitrogen and oxygen atoms in total. The van der Waals surface area contributed by atoms with Gasteiger partial charge in [-0.15, -0.1) is 0 Å². The zero-order valence-corrected chi connectivity index (χ0v) is 9.25. The van der Waals surface area contributed by atoms with E-state index in [0.717, 1.165) is 0 Å². The summed E-state index contributed by atoms with van der Waals surface area (Å²) < 4.78 is 0. The molecule has 18 heavy (non-hydrogen) atoms. The number of anilines is 2. The maximum absolute atomic E-state index is 9.14. The first-order valence-electron chi connectivity index (χ1n) is 4.98. The third-order valence-corrected chi connectivity index (χ3v) is 2.45. The number of pyridine rings is 2. The quantitative estimate of drug-likeness (QED) is 0.762. The van der Waals surface area contributed by atoms with Crippen LogP contribution < -0.4 is 11.5 Å². The van der Waals surface area contributed by atoms with E-state index in [1.54, 1.807) is 24.5 Å². The van der Waals surface area contributed by atoms with Gasteiger partial charge in [0.05, 0.1) is 0 Å². The predicted octanol–water partition coefficient (Wildman–Crippen LogP) is 1.05. The van der Waals surface area contributed by atoms with Crippen LogP contribution in [0.5, 0.6) is 0 Å². The molecule has 0 aliphatic carbocycles. The Morgan fingerprint density at radius 3 is 1.89 bits per heavy atom. The van der Waals surface area contributed by atoms with Crippen LogP contribution in [0.1, 0.15) is 11.1 Å². The molecular weight excluding hydrogens is 228 g/mol. The van der Waals surface area contributed by atoms with E-state index in [4.69, 9.17) is 22.0 Å². The van der Waals surface area contributed by atoms with Crippen LogP contribution in [0.4, 0.5) is 11.6 Å². The molecule has 2 heterocycles. The molecule has 6 heteroatoms. The standard InChI is InChI=1S/C12H8N6/c13-5-8-10(7-1-3-17-4-2-7)9(6-14)12(16)18-11(8)15/h1-4H,(H4,15,16,18). The summed E-state index contributed by atoms with van der Waals surface area (Å²) in [7, 11) is 0. The number of rotatable bonds is 1. The van der Waals surface area contributed by atoms with E-state index in [9.17, 15) is 0 Å². The Kier molecular flexibility index (Phi) is 2.78. The van der Waals surface area contributed by atoms with Gasteiger partial charge in [0, 0.05) is 18.0 Å². The highest BCUT2D eigenvalue weighted by atomic mass is 14.9. The highest BCUT2D eigenvalue weighted by Gasteiger charge is 2.18. The fourth-order valence-corrected chi connectivity index (χ4v) is 1.66. The van der Waals surface area contributed by atoms with E-state index in [1.165, 1.54) is 0 Å². The van der Waals surface area contributed by atoms with Crippen molar-refractivity contribution in [1.29, 1.82) is 10.5 Å². The van der Waals surface area contributed by atoms with E-state index in [0.29, 0.717) is 11.1 Å². The molecule has 0 saturated heterocycles. The molecule has 2 rings (SSSR count). The van der Waals surface area contributed by atoms with E-state index in [1.807, 2.05) is 12.1 Å². The highest BCUT2D eigenvalue weighted by molar-refractivity contribution is 5.84. The molecule has 4 N–H and O–H groups in total. The first-order chi connectivity index (χ1) is 8.69. The van der Waals surface area contributed by atoms with Crippen molar-refractivity contribution in [2.24, 2.45) is 0 Å². The lowest BCUT2D eigenvalue weighted by molar-refractivity contribution is 1.28. The third-order valence-electron chi connectivity index (χ3n) is 2.45. The second-order valence-corrected chi connectivity index (χ2v) is 3.47. The number of aromatic nitrogens is 2. The van der Waals surface area contributed by atoms with Gasteiger partial charge in [-0.3, -0.25) is 4.98 Å². The molecule has 0 radical (unpaired) electrons. The van der Waals surface area contributed by atoms with Crippen LogP contribution in [0.3, 0.4) is 0 Å². The van der Waals surface area contributed by atoms with Gasteiger partial charge in [-0.25, -0.2) is 4.98 Å². The van der Waals surface area contributed by atoms with Gasteiger partial charge in [0.2, 0.25) is 0 Å². The molecule has 0 unspecified atom stereocenters. The van der Waals surface area contributed by atoms with Crippen molar-refractivity contribution in [2.75, 3.05) is 11.5 Å². The fraction of sp³-hybridized carbons (Fsp3) is 0. The molecule has 86 valence electrons. The van der Waals surface area contributed by atoms with Crippen LogP contribution in [0.15, 0.2) is 24.5 Å². The van der Waals surface area contributed by atoms with Gasteiger partial charge in [-0.1, -0.05) is 0 Å². The minimum Gasteiger partial charge on any atom is -0.383 e. The monoisotopic (exact) mass is 236 g/mol. The number of hydrogen-bond donors (Lipinski definition) is 2. The van der Waals surface area contributed by atoms with Gasteiger partial charge in [0.25, 0.3) is 0 Å². The Morgan fingerprint density at radius 2 is 1.44 bits per heavy atom. The van der Waals surface area contributed by atoms with Gasteiger partial charge in [-0.05, 0) is 17.7 Å². The molecule has 0 fully saturated rings. The molecule has 0 aliphatic rings. The van der Waals surface area contributed by atoms with Gasteiger partial charge in [0.15, 0.2) is 0 Å². The zero-order chi connectivity index (χ0) is 13.1. The lowest BCUT2D eigenvalue weighted by Gasteiger charge is -2.10. The summed E-state index contributed by atoms with van der Waals surface area (Å²) in [6.07, 6.45) is 3.12.